The van der Waals surface area contributed by atoms with Crippen molar-refractivity contribution < 1.29 is 23.1 Å². The third-order valence-electron chi connectivity index (χ3n) is 7.00. The van der Waals surface area contributed by atoms with Crippen LogP contribution in [0.2, 0.25) is 5.02 Å². The van der Waals surface area contributed by atoms with Gasteiger partial charge in [-0.1, -0.05) is 55.5 Å². The van der Waals surface area contributed by atoms with Crippen LogP contribution in [-0.2, 0) is 19.6 Å². The second-order valence-electron chi connectivity index (χ2n) is 9.52. The molecule has 2 N–H and O–H groups in total. The van der Waals surface area contributed by atoms with E-state index in [0.717, 1.165) is 37.5 Å². The zero-order valence-corrected chi connectivity index (χ0v) is 21.9. The van der Waals surface area contributed by atoms with Gasteiger partial charge < -0.3 is 5.11 Å². The van der Waals surface area contributed by atoms with Gasteiger partial charge in [-0.15, -0.1) is 11.3 Å². The Bertz CT molecular complexity index is 1180. The molecule has 3 atom stereocenters. The van der Waals surface area contributed by atoms with Crippen LogP contribution in [0.1, 0.15) is 44.9 Å². The van der Waals surface area contributed by atoms with E-state index in [0.29, 0.717) is 28.7 Å². The van der Waals surface area contributed by atoms with Gasteiger partial charge in [0.25, 0.3) is 0 Å². The van der Waals surface area contributed by atoms with Crippen molar-refractivity contribution >= 4 is 50.0 Å². The average molecular weight is 540 g/mol. The Morgan fingerprint density at radius 2 is 1.94 bits per heavy atom. The van der Waals surface area contributed by atoms with Crippen molar-refractivity contribution in [1.82, 2.24) is 9.71 Å². The molecule has 11 heteroatoms. The first-order valence-electron chi connectivity index (χ1n) is 11.8. The maximum atomic E-state index is 14.0. The number of amides is 1. The number of hydrogen-bond donors (Lipinski definition) is 2. The van der Waals surface area contributed by atoms with Gasteiger partial charge >= 0.3 is 5.97 Å². The lowest BCUT2D eigenvalue weighted by atomic mass is 9.74. The van der Waals surface area contributed by atoms with Gasteiger partial charge in [0.05, 0.1) is 24.3 Å². The molecule has 1 aliphatic carbocycles. The van der Waals surface area contributed by atoms with Crippen LogP contribution < -0.4 is 9.62 Å². The minimum absolute atomic E-state index is 0.0921. The fourth-order valence-electron chi connectivity index (χ4n) is 5.51. The number of carboxylic acid groups (broad SMARTS) is 1. The summed E-state index contributed by atoms with van der Waals surface area (Å²) in [6.07, 6.45) is 6.06. The zero-order chi connectivity index (χ0) is 25.2. The SMILES string of the molecule is CS(=O)(=O)N[C@@H]1CC[C@H](C2CCCC2)[C@H](CC(=O)O)C(=O)N(c2nc(-c3ccccc3Cl)cs2)C1. The van der Waals surface area contributed by atoms with Gasteiger partial charge in [0.1, 0.15) is 0 Å². The Balaban J connectivity index is 1.72. The molecule has 190 valence electrons. The van der Waals surface area contributed by atoms with Crippen molar-refractivity contribution in [1.29, 1.82) is 0 Å². The highest BCUT2D eigenvalue weighted by atomic mass is 35.5. The zero-order valence-electron chi connectivity index (χ0n) is 19.5. The Labute approximate surface area is 214 Å². The number of carbonyl (C=O) groups is 2. The van der Waals surface area contributed by atoms with E-state index in [4.69, 9.17) is 11.6 Å². The summed E-state index contributed by atoms with van der Waals surface area (Å²) in [5.41, 5.74) is 1.34. The topological polar surface area (TPSA) is 117 Å². The molecule has 0 spiro atoms. The number of carbonyl (C=O) groups excluding carboxylic acids is 1. The predicted octanol–water partition coefficient (Wildman–Crippen LogP) is 4.41. The molecule has 1 aromatic carbocycles. The summed E-state index contributed by atoms with van der Waals surface area (Å²) in [7, 11) is -3.50. The lowest BCUT2D eigenvalue weighted by molar-refractivity contribution is -0.142. The minimum atomic E-state index is -3.50. The van der Waals surface area contributed by atoms with Crippen molar-refractivity contribution in [2.24, 2.45) is 17.8 Å². The van der Waals surface area contributed by atoms with Crippen LogP contribution in [0.3, 0.4) is 0 Å². The van der Waals surface area contributed by atoms with Crippen molar-refractivity contribution in [2.75, 3.05) is 17.7 Å². The quantitative estimate of drug-likeness (QED) is 0.538. The van der Waals surface area contributed by atoms with Crippen molar-refractivity contribution in [2.45, 2.75) is 51.0 Å². The molecule has 1 saturated carbocycles. The van der Waals surface area contributed by atoms with Gasteiger partial charge in [0.2, 0.25) is 15.9 Å². The largest absolute Gasteiger partial charge is 0.481 e. The molecule has 1 saturated heterocycles. The average Bonchev–Trinajstić information content (AvgIpc) is 3.47. The maximum absolute atomic E-state index is 14.0. The number of hydrogen-bond acceptors (Lipinski definition) is 6. The lowest BCUT2D eigenvalue weighted by Gasteiger charge is -2.38. The smallest absolute Gasteiger partial charge is 0.304 e. The highest BCUT2D eigenvalue weighted by Crippen LogP contribution is 2.42. The van der Waals surface area contributed by atoms with Gasteiger partial charge in [0, 0.05) is 28.6 Å². The number of halogens is 1. The molecule has 1 amide bonds. The summed E-state index contributed by atoms with van der Waals surface area (Å²) in [6, 6.07) is 6.79. The summed E-state index contributed by atoms with van der Waals surface area (Å²) in [4.78, 5) is 31.9. The molecule has 2 heterocycles. The van der Waals surface area contributed by atoms with E-state index in [2.05, 4.69) is 9.71 Å². The molecule has 8 nitrogen and oxygen atoms in total. The number of sulfonamides is 1. The summed E-state index contributed by atoms with van der Waals surface area (Å²) >= 11 is 7.60. The molecular formula is C24H30ClN3O5S2. The van der Waals surface area contributed by atoms with Gasteiger partial charge in [0.15, 0.2) is 5.13 Å². The molecule has 0 unspecified atom stereocenters. The van der Waals surface area contributed by atoms with E-state index in [1.54, 1.807) is 6.07 Å². The van der Waals surface area contributed by atoms with Crippen LogP contribution in [0.5, 0.6) is 0 Å². The number of rotatable bonds is 7. The van der Waals surface area contributed by atoms with E-state index >= 15 is 0 Å². The highest BCUT2D eigenvalue weighted by molar-refractivity contribution is 7.88. The fourth-order valence-corrected chi connectivity index (χ4v) is 7.38. The first kappa shape index (κ1) is 26.1. The van der Waals surface area contributed by atoms with Gasteiger partial charge in [-0.25, -0.2) is 18.1 Å². The Morgan fingerprint density at radius 3 is 2.60 bits per heavy atom. The number of aromatic nitrogens is 1. The maximum Gasteiger partial charge on any atom is 0.304 e. The highest BCUT2D eigenvalue weighted by Gasteiger charge is 2.42. The summed E-state index contributed by atoms with van der Waals surface area (Å²) in [6.45, 7) is 0.0921. The number of carboxylic acids is 1. The van der Waals surface area contributed by atoms with Crippen LogP contribution in [0.25, 0.3) is 11.3 Å². The number of nitrogens with one attached hydrogen (secondary N) is 1. The van der Waals surface area contributed by atoms with Crippen LogP contribution in [-0.4, -0.2) is 49.2 Å². The third kappa shape index (κ3) is 6.41. The molecule has 2 aliphatic rings. The molecule has 0 radical (unpaired) electrons. The molecular weight excluding hydrogens is 510 g/mol. The third-order valence-corrected chi connectivity index (χ3v) is 8.96. The van der Waals surface area contributed by atoms with Crippen LogP contribution in [0, 0.1) is 17.8 Å². The van der Waals surface area contributed by atoms with Crippen LogP contribution in [0.15, 0.2) is 29.6 Å². The van der Waals surface area contributed by atoms with E-state index < -0.39 is 28.0 Å². The monoisotopic (exact) mass is 539 g/mol. The Hall–Kier alpha value is -2.01. The molecule has 2 aromatic rings. The van der Waals surface area contributed by atoms with E-state index in [-0.39, 0.29) is 30.7 Å². The second kappa shape index (κ2) is 10.9. The van der Waals surface area contributed by atoms with Crippen LogP contribution >= 0.6 is 22.9 Å². The standard InChI is InChI=1S/C24H30ClN3O5S2/c1-35(32,33)27-16-10-11-17(15-6-2-3-7-15)19(12-22(29)30)23(31)28(13-16)24-26-21(14-34-24)18-8-4-5-9-20(18)25/h4-5,8-9,14-17,19,27H,2-3,6-7,10-13H2,1H3,(H,29,30)/t16-,17-,19+/m1/s1. The lowest BCUT2D eigenvalue weighted by Crippen LogP contribution is -2.51. The number of anilines is 1. The normalized spacial score (nSPS) is 24.3. The summed E-state index contributed by atoms with van der Waals surface area (Å²) < 4.78 is 26.8. The van der Waals surface area contributed by atoms with Crippen molar-refractivity contribution in [3.05, 3.63) is 34.7 Å². The van der Waals surface area contributed by atoms with Crippen molar-refractivity contribution in [3.8, 4) is 11.3 Å². The Morgan fingerprint density at radius 1 is 1.23 bits per heavy atom. The van der Waals surface area contributed by atoms with Crippen LogP contribution in [0.4, 0.5) is 5.13 Å². The van der Waals surface area contributed by atoms with E-state index in [1.807, 2.05) is 23.6 Å². The Kier molecular flexibility index (Phi) is 8.15. The number of thiazole rings is 1. The molecule has 1 aromatic heterocycles. The van der Waals surface area contributed by atoms with E-state index in [1.165, 1.54) is 16.2 Å². The molecule has 1 aliphatic heterocycles. The second-order valence-corrected chi connectivity index (χ2v) is 12.5. The first-order valence-corrected chi connectivity index (χ1v) is 15.0. The number of aliphatic carboxylic acids is 1. The molecule has 35 heavy (non-hydrogen) atoms. The molecule has 4 rings (SSSR count). The minimum Gasteiger partial charge on any atom is -0.481 e. The van der Waals surface area contributed by atoms with Crippen molar-refractivity contribution in [3.63, 3.8) is 0 Å². The van der Waals surface area contributed by atoms with E-state index in [9.17, 15) is 23.1 Å². The molecule has 2 fully saturated rings. The predicted molar refractivity (Wildman–Crippen MR) is 137 cm³/mol. The number of benzene rings is 1. The van der Waals surface area contributed by atoms with Gasteiger partial charge in [-0.05, 0) is 30.7 Å². The number of nitrogens with zero attached hydrogens (tertiary/aromatic N) is 2. The van der Waals surface area contributed by atoms with Gasteiger partial charge in [-0.3, -0.25) is 14.5 Å². The summed E-state index contributed by atoms with van der Waals surface area (Å²) in [5.74, 6) is -1.84. The first-order chi connectivity index (χ1) is 16.6. The fraction of sp³-hybridized carbons (Fsp3) is 0.542. The summed E-state index contributed by atoms with van der Waals surface area (Å²) in [5, 5.41) is 12.4. The van der Waals surface area contributed by atoms with Gasteiger partial charge in [-0.2, -0.15) is 0 Å². The molecule has 0 bridgehead atoms.